The Morgan fingerprint density at radius 3 is 1.88 bits per heavy atom. The van der Waals surface area contributed by atoms with E-state index >= 15 is 0 Å². The standard InChI is InChI=1S/C46H28N2OS/c1-3-13-29(14-4-1)31-25-26-32(38(27-31)30-15-5-2-6-16-30)39-28-40(35-20-11-19-34-33-17-8-10-24-43(33)50-45(34)35)48-46(47-39)37-21-12-23-42-44(37)36-18-7-9-22-41(36)49-42/h1-28H. The molecule has 0 saturated heterocycles. The molecule has 0 radical (unpaired) electrons. The number of furan rings is 1. The Bertz CT molecular complexity index is 2870. The first-order valence-corrected chi connectivity index (χ1v) is 17.6. The van der Waals surface area contributed by atoms with Crippen molar-refractivity contribution in [1.82, 2.24) is 9.97 Å². The number of fused-ring (bicyclic) bond motifs is 6. The van der Waals surface area contributed by atoms with Gasteiger partial charge in [0.05, 0.1) is 11.4 Å². The molecule has 0 N–H and O–H groups in total. The maximum atomic E-state index is 6.31. The minimum Gasteiger partial charge on any atom is -0.456 e. The summed E-state index contributed by atoms with van der Waals surface area (Å²) in [6.45, 7) is 0. The molecule has 0 aliphatic heterocycles. The van der Waals surface area contributed by atoms with Crippen LogP contribution in [0.5, 0.6) is 0 Å². The molecule has 0 saturated carbocycles. The van der Waals surface area contributed by atoms with E-state index < -0.39 is 0 Å². The van der Waals surface area contributed by atoms with Gasteiger partial charge in [-0.2, -0.15) is 0 Å². The lowest BCUT2D eigenvalue weighted by Crippen LogP contribution is -1.98. The fraction of sp³-hybridized carbons (Fsp3) is 0. The summed E-state index contributed by atoms with van der Waals surface area (Å²) in [4.78, 5) is 10.8. The van der Waals surface area contributed by atoms with Crippen molar-refractivity contribution in [3.63, 3.8) is 0 Å². The van der Waals surface area contributed by atoms with E-state index in [1.54, 1.807) is 0 Å². The first-order chi connectivity index (χ1) is 24.8. The smallest absolute Gasteiger partial charge is 0.161 e. The Hall–Kier alpha value is -6.36. The summed E-state index contributed by atoms with van der Waals surface area (Å²) in [5, 5.41) is 4.58. The number of thiophene rings is 1. The van der Waals surface area contributed by atoms with Crippen molar-refractivity contribution in [2.45, 2.75) is 0 Å². The van der Waals surface area contributed by atoms with Gasteiger partial charge in [-0.1, -0.05) is 140 Å². The summed E-state index contributed by atoms with van der Waals surface area (Å²) in [7, 11) is 0. The number of hydrogen-bond donors (Lipinski definition) is 0. The van der Waals surface area contributed by atoms with Crippen LogP contribution in [-0.4, -0.2) is 9.97 Å². The summed E-state index contributed by atoms with van der Waals surface area (Å²) in [6.07, 6.45) is 0. The van der Waals surface area contributed by atoms with Crippen molar-refractivity contribution in [3.05, 3.63) is 170 Å². The number of aromatic nitrogens is 2. The Kier molecular flexibility index (Phi) is 6.68. The molecule has 3 heterocycles. The first-order valence-electron chi connectivity index (χ1n) is 16.7. The zero-order chi connectivity index (χ0) is 33.0. The fourth-order valence-corrected chi connectivity index (χ4v) is 8.41. The van der Waals surface area contributed by atoms with E-state index in [9.17, 15) is 0 Å². The predicted molar refractivity (Wildman–Crippen MR) is 209 cm³/mol. The quantitative estimate of drug-likeness (QED) is 0.185. The van der Waals surface area contributed by atoms with Crippen molar-refractivity contribution in [2.24, 2.45) is 0 Å². The van der Waals surface area contributed by atoms with E-state index in [0.717, 1.165) is 66.7 Å². The molecular weight excluding hydrogens is 629 g/mol. The van der Waals surface area contributed by atoms with Gasteiger partial charge in [0.25, 0.3) is 0 Å². The summed E-state index contributed by atoms with van der Waals surface area (Å²) >= 11 is 1.82. The van der Waals surface area contributed by atoms with Gasteiger partial charge in [-0.25, -0.2) is 9.97 Å². The first kappa shape index (κ1) is 28.6. The highest BCUT2D eigenvalue weighted by Crippen LogP contribution is 2.43. The lowest BCUT2D eigenvalue weighted by atomic mass is 9.92. The van der Waals surface area contributed by atoms with Crippen LogP contribution in [0.3, 0.4) is 0 Å². The zero-order valence-corrected chi connectivity index (χ0v) is 27.7. The molecule has 0 spiro atoms. The van der Waals surface area contributed by atoms with E-state index in [-0.39, 0.29) is 0 Å². The molecule has 10 aromatic rings. The highest BCUT2D eigenvalue weighted by atomic mass is 32.1. The number of rotatable bonds is 5. The SMILES string of the molecule is c1ccc(-c2ccc(-c3cc(-c4cccc5c4sc4ccccc45)nc(-c4cccc5oc6ccccc6c45)n3)c(-c3ccccc3)c2)cc1. The molecule has 0 aliphatic carbocycles. The van der Waals surface area contributed by atoms with Gasteiger partial charge >= 0.3 is 0 Å². The van der Waals surface area contributed by atoms with E-state index in [0.29, 0.717) is 5.82 Å². The van der Waals surface area contributed by atoms with Crippen molar-refractivity contribution in [1.29, 1.82) is 0 Å². The van der Waals surface area contributed by atoms with Crippen LogP contribution in [-0.2, 0) is 0 Å². The summed E-state index contributed by atoms with van der Waals surface area (Å²) < 4.78 is 8.80. The topological polar surface area (TPSA) is 38.9 Å². The molecule has 50 heavy (non-hydrogen) atoms. The van der Waals surface area contributed by atoms with Gasteiger partial charge < -0.3 is 4.42 Å². The molecule has 0 aliphatic rings. The van der Waals surface area contributed by atoms with Crippen LogP contribution in [0.15, 0.2) is 174 Å². The third-order valence-corrected chi connectivity index (χ3v) is 10.8. The van der Waals surface area contributed by atoms with Gasteiger partial charge in [-0.3, -0.25) is 0 Å². The van der Waals surface area contributed by atoms with Crippen molar-refractivity contribution in [2.75, 3.05) is 0 Å². The normalized spacial score (nSPS) is 11.6. The van der Waals surface area contributed by atoms with Crippen LogP contribution in [0.1, 0.15) is 0 Å². The molecule has 0 fully saturated rings. The van der Waals surface area contributed by atoms with Crippen LogP contribution in [0.2, 0.25) is 0 Å². The second kappa shape index (κ2) is 11.7. The number of nitrogens with zero attached hydrogens (tertiary/aromatic N) is 2. The van der Waals surface area contributed by atoms with Crippen molar-refractivity contribution < 1.29 is 4.42 Å². The van der Waals surface area contributed by atoms with E-state index in [2.05, 4.69) is 146 Å². The van der Waals surface area contributed by atoms with Gasteiger partial charge in [0.1, 0.15) is 11.2 Å². The third-order valence-electron chi connectivity index (χ3n) is 9.54. The van der Waals surface area contributed by atoms with Gasteiger partial charge in [0, 0.05) is 47.6 Å². The van der Waals surface area contributed by atoms with Gasteiger partial charge in [0.15, 0.2) is 5.82 Å². The Labute approximate surface area is 292 Å². The predicted octanol–water partition coefficient (Wildman–Crippen LogP) is 13.1. The molecule has 0 atom stereocenters. The molecule has 7 aromatic carbocycles. The Balaban J connectivity index is 1.27. The van der Waals surface area contributed by atoms with Crippen LogP contribution < -0.4 is 0 Å². The number of benzene rings is 7. The average Bonchev–Trinajstić information content (AvgIpc) is 3.77. The molecule has 3 aromatic heterocycles. The summed E-state index contributed by atoms with van der Waals surface area (Å²) in [5.41, 5.74) is 11.1. The maximum Gasteiger partial charge on any atom is 0.161 e. The van der Waals surface area contributed by atoms with Gasteiger partial charge in [0.2, 0.25) is 0 Å². The molecule has 0 amide bonds. The molecule has 0 unspecified atom stereocenters. The summed E-state index contributed by atoms with van der Waals surface area (Å²) in [6, 6.07) is 59.6. The van der Waals surface area contributed by atoms with Crippen LogP contribution >= 0.6 is 11.3 Å². The minimum atomic E-state index is 0.666. The molecule has 234 valence electrons. The van der Waals surface area contributed by atoms with Crippen molar-refractivity contribution in [3.8, 4) is 56.2 Å². The highest BCUT2D eigenvalue weighted by molar-refractivity contribution is 7.26. The molecule has 0 bridgehead atoms. The van der Waals surface area contributed by atoms with E-state index in [1.807, 2.05) is 35.6 Å². The van der Waals surface area contributed by atoms with Gasteiger partial charge in [-0.15, -0.1) is 11.3 Å². The number of hydrogen-bond acceptors (Lipinski definition) is 4. The zero-order valence-electron chi connectivity index (χ0n) is 26.9. The molecular formula is C46H28N2OS. The second-order valence-corrected chi connectivity index (χ2v) is 13.6. The van der Waals surface area contributed by atoms with Crippen LogP contribution in [0.4, 0.5) is 0 Å². The van der Waals surface area contributed by atoms with Crippen LogP contribution in [0.25, 0.3) is 98.3 Å². The Morgan fingerprint density at radius 2 is 1.04 bits per heavy atom. The minimum absolute atomic E-state index is 0.666. The molecule has 3 nitrogen and oxygen atoms in total. The fourth-order valence-electron chi connectivity index (χ4n) is 7.19. The van der Waals surface area contributed by atoms with Crippen LogP contribution in [0, 0.1) is 0 Å². The second-order valence-electron chi connectivity index (χ2n) is 12.5. The number of para-hydroxylation sites is 1. The monoisotopic (exact) mass is 656 g/mol. The van der Waals surface area contributed by atoms with Gasteiger partial charge in [-0.05, 0) is 52.6 Å². The Morgan fingerprint density at radius 1 is 0.400 bits per heavy atom. The molecule has 10 rings (SSSR count). The largest absolute Gasteiger partial charge is 0.456 e. The molecule has 4 heteroatoms. The lowest BCUT2D eigenvalue weighted by Gasteiger charge is -2.15. The van der Waals surface area contributed by atoms with E-state index in [4.69, 9.17) is 14.4 Å². The maximum absolute atomic E-state index is 6.31. The summed E-state index contributed by atoms with van der Waals surface area (Å²) in [5.74, 6) is 0.666. The highest BCUT2D eigenvalue weighted by Gasteiger charge is 2.20. The van der Waals surface area contributed by atoms with E-state index in [1.165, 1.54) is 25.7 Å². The lowest BCUT2D eigenvalue weighted by molar-refractivity contribution is 0.669. The average molecular weight is 657 g/mol. The third kappa shape index (κ3) is 4.73. The van der Waals surface area contributed by atoms with Crippen molar-refractivity contribution >= 4 is 53.4 Å².